The van der Waals surface area contributed by atoms with E-state index >= 15 is 0 Å². The summed E-state index contributed by atoms with van der Waals surface area (Å²) in [4.78, 5) is 29.0. The Morgan fingerprint density at radius 3 is 1.53 bits per heavy atom. The number of benzene rings is 2. The fraction of sp³-hybridized carbons (Fsp3) is 0.514. The predicted molar refractivity (Wildman–Crippen MR) is 187 cm³/mol. The highest BCUT2D eigenvalue weighted by Gasteiger charge is 2.38. The van der Waals surface area contributed by atoms with Gasteiger partial charge in [0.25, 0.3) is 5.91 Å². The monoisotopic (exact) mass is 762 g/mol. The maximum atomic E-state index is 12.9. The first kappa shape index (κ1) is 37.5. The van der Waals surface area contributed by atoms with Crippen molar-refractivity contribution in [2.75, 3.05) is 31.7 Å². The highest BCUT2D eigenvalue weighted by molar-refractivity contribution is 7.92. The molecule has 2 N–H and O–H groups in total. The molecule has 2 aliphatic heterocycles. The minimum atomic E-state index is -3.26. The van der Waals surface area contributed by atoms with E-state index in [1.807, 2.05) is 0 Å². The fourth-order valence-corrected chi connectivity index (χ4v) is 9.69. The van der Waals surface area contributed by atoms with Crippen molar-refractivity contribution < 1.29 is 50.5 Å². The number of aliphatic carboxylic acids is 1. The molecule has 13 nitrogen and oxygen atoms in total. The first-order valence-corrected chi connectivity index (χ1v) is 21.1. The van der Waals surface area contributed by atoms with Gasteiger partial charge < -0.3 is 24.1 Å². The molecule has 276 valence electrons. The summed E-state index contributed by atoms with van der Waals surface area (Å²) in [5.41, 5.74) is 1.08. The smallest absolute Gasteiger partial charge is 0.337 e. The van der Waals surface area contributed by atoms with Gasteiger partial charge in [0.2, 0.25) is 0 Å². The number of sulfone groups is 2. The molecule has 16 heteroatoms. The molecule has 0 spiro atoms. The number of hydrogen-bond donors (Lipinski definition) is 2. The number of carbonyl (C=O) groups is 2. The summed E-state index contributed by atoms with van der Waals surface area (Å²) in [5.74, 6) is -1.39. The van der Waals surface area contributed by atoms with Gasteiger partial charge >= 0.3 is 5.97 Å². The normalized spacial score (nSPS) is 20.1. The molecule has 2 aliphatic carbocycles. The number of aromatic nitrogens is 1. The number of amides is 1. The third kappa shape index (κ3) is 9.80. The maximum Gasteiger partial charge on any atom is 0.337 e. The molecule has 2 aromatic carbocycles. The lowest BCUT2D eigenvalue weighted by molar-refractivity contribution is -0.158. The number of rotatable bonds is 13. The summed E-state index contributed by atoms with van der Waals surface area (Å²) in [7, 11) is -6.52. The van der Waals surface area contributed by atoms with Crippen LogP contribution in [0.5, 0.6) is 0 Å². The van der Waals surface area contributed by atoms with Crippen molar-refractivity contribution in [3.8, 4) is 0 Å². The van der Waals surface area contributed by atoms with Crippen molar-refractivity contribution >= 4 is 48.0 Å². The van der Waals surface area contributed by atoms with Gasteiger partial charge in [-0.1, -0.05) is 24.3 Å². The minimum absolute atomic E-state index is 0.0873. The number of hydrogen-bond acceptors (Lipinski definition) is 12. The van der Waals surface area contributed by atoms with Crippen LogP contribution in [0.2, 0.25) is 0 Å². The number of carboxylic acids is 1. The van der Waals surface area contributed by atoms with E-state index in [2.05, 4.69) is 10.3 Å². The molecule has 0 radical (unpaired) electrons. The molecule has 1 amide bonds. The standard InChI is InChI=1S/C19H22N2O5S2.C16H20O6S/c22-18(21-19-20-9-12-27-19)17(26-14-7-10-25-11-8-14)13-1-3-15(4-2-13)28(23,24)16-5-6-16;17-16(18)15(22-12-7-9-21-10-8-12)11-1-3-13(4-2-11)23(19,20)14-5-6-14/h1-4,9,12,14,16-17H,5-8,10-11H2,(H,20,21,22);1-4,12,14-15H,5-10H2,(H,17,18). The van der Waals surface area contributed by atoms with Crippen LogP contribution < -0.4 is 5.32 Å². The van der Waals surface area contributed by atoms with Gasteiger partial charge in [-0.05, 0) is 86.8 Å². The van der Waals surface area contributed by atoms with Gasteiger partial charge in [0.05, 0.1) is 32.5 Å². The number of nitrogens with zero attached hydrogens (tertiary/aromatic N) is 1. The Hall–Kier alpha value is -3.25. The van der Waals surface area contributed by atoms with Gasteiger partial charge in [-0.3, -0.25) is 10.1 Å². The quantitative estimate of drug-likeness (QED) is 0.241. The van der Waals surface area contributed by atoms with E-state index in [4.69, 9.17) is 18.9 Å². The number of ether oxygens (including phenoxy) is 4. The Bertz CT molecular complexity index is 1830. The van der Waals surface area contributed by atoms with Crippen LogP contribution in [0.15, 0.2) is 69.9 Å². The van der Waals surface area contributed by atoms with Crippen LogP contribution in [-0.4, -0.2) is 87.9 Å². The van der Waals surface area contributed by atoms with Crippen LogP contribution >= 0.6 is 11.3 Å². The molecule has 0 bridgehead atoms. The molecule has 4 aliphatic rings. The molecule has 1 aromatic heterocycles. The predicted octanol–water partition coefficient (Wildman–Crippen LogP) is 4.90. The minimum Gasteiger partial charge on any atom is -0.479 e. The van der Waals surface area contributed by atoms with Gasteiger partial charge in [0.15, 0.2) is 37.0 Å². The van der Waals surface area contributed by atoms with E-state index in [1.54, 1.807) is 35.8 Å². The average Bonchev–Trinajstić information content (AvgIpc) is 4.09. The molecule has 3 aromatic rings. The largest absolute Gasteiger partial charge is 0.479 e. The number of carbonyl (C=O) groups excluding carboxylic acids is 1. The van der Waals surface area contributed by atoms with Gasteiger partial charge in [0, 0.05) is 38.0 Å². The van der Waals surface area contributed by atoms with E-state index in [0.29, 0.717) is 73.3 Å². The average molecular weight is 763 g/mol. The van der Waals surface area contributed by atoms with E-state index in [1.165, 1.54) is 35.6 Å². The Morgan fingerprint density at radius 2 is 1.14 bits per heavy atom. The van der Waals surface area contributed by atoms with Crippen molar-refractivity contribution in [1.29, 1.82) is 0 Å². The Labute approximate surface area is 301 Å². The molecular formula is C35H42N2O11S3. The van der Waals surface area contributed by atoms with Crippen LogP contribution in [0.25, 0.3) is 0 Å². The zero-order valence-electron chi connectivity index (χ0n) is 27.9. The van der Waals surface area contributed by atoms with Crippen molar-refractivity contribution in [3.05, 3.63) is 71.2 Å². The number of anilines is 1. The van der Waals surface area contributed by atoms with Crippen LogP contribution in [0.4, 0.5) is 5.13 Å². The van der Waals surface area contributed by atoms with Crippen LogP contribution in [0, 0.1) is 0 Å². The third-order valence-corrected chi connectivity index (χ3v) is 14.3. The van der Waals surface area contributed by atoms with Gasteiger partial charge in [-0.15, -0.1) is 11.3 Å². The molecule has 2 saturated heterocycles. The summed E-state index contributed by atoms with van der Waals surface area (Å²) in [5, 5.41) is 13.9. The van der Waals surface area contributed by atoms with E-state index in [-0.39, 0.29) is 33.5 Å². The van der Waals surface area contributed by atoms with Gasteiger partial charge in [-0.25, -0.2) is 26.6 Å². The lowest BCUT2D eigenvalue weighted by Gasteiger charge is -2.27. The highest BCUT2D eigenvalue weighted by atomic mass is 32.2. The first-order valence-electron chi connectivity index (χ1n) is 17.1. The lowest BCUT2D eigenvalue weighted by atomic mass is 10.1. The third-order valence-electron chi connectivity index (χ3n) is 9.07. The lowest BCUT2D eigenvalue weighted by Crippen LogP contribution is -2.31. The van der Waals surface area contributed by atoms with Crippen molar-refractivity contribution in [1.82, 2.24) is 4.98 Å². The summed E-state index contributed by atoms with van der Waals surface area (Å²) in [6, 6.07) is 12.5. The topological polar surface area (TPSA) is 184 Å². The van der Waals surface area contributed by atoms with Crippen molar-refractivity contribution in [2.45, 2.75) is 96.1 Å². The second-order valence-electron chi connectivity index (χ2n) is 12.9. The molecule has 7 rings (SSSR count). The van der Waals surface area contributed by atoms with Crippen LogP contribution in [0.3, 0.4) is 0 Å². The Balaban J connectivity index is 0.000000179. The van der Waals surface area contributed by atoms with Crippen molar-refractivity contribution in [2.24, 2.45) is 0 Å². The number of thiazole rings is 1. The molecule has 3 heterocycles. The second kappa shape index (κ2) is 16.6. The van der Waals surface area contributed by atoms with Crippen LogP contribution in [0.1, 0.15) is 74.7 Å². The molecular weight excluding hydrogens is 721 g/mol. The second-order valence-corrected chi connectivity index (χ2v) is 18.3. The Morgan fingerprint density at radius 1 is 0.706 bits per heavy atom. The summed E-state index contributed by atoms with van der Waals surface area (Å²) in [6.07, 6.45) is 5.05. The highest BCUT2D eigenvalue weighted by Crippen LogP contribution is 2.36. The number of nitrogens with one attached hydrogen (secondary N) is 1. The summed E-state index contributed by atoms with van der Waals surface area (Å²) < 4.78 is 71.5. The zero-order chi connectivity index (χ0) is 36.0. The fourth-order valence-electron chi connectivity index (χ4n) is 5.84. The Kier molecular flexibility index (Phi) is 12.2. The van der Waals surface area contributed by atoms with Crippen molar-refractivity contribution in [3.63, 3.8) is 0 Å². The molecule has 4 fully saturated rings. The number of carboxylic acid groups (broad SMARTS) is 1. The van der Waals surface area contributed by atoms with E-state index < -0.39 is 37.9 Å². The van der Waals surface area contributed by atoms with Gasteiger partial charge in [0.1, 0.15) is 0 Å². The van der Waals surface area contributed by atoms with Gasteiger partial charge in [-0.2, -0.15) is 0 Å². The summed E-state index contributed by atoms with van der Waals surface area (Å²) >= 11 is 1.33. The zero-order valence-corrected chi connectivity index (χ0v) is 30.4. The first-order chi connectivity index (χ1) is 24.5. The van der Waals surface area contributed by atoms with Crippen LogP contribution in [-0.2, 0) is 48.2 Å². The molecule has 2 unspecified atom stereocenters. The SMILES string of the molecule is O=C(Nc1nccs1)C(OC1CCOCC1)c1ccc(S(=O)(=O)C2CC2)cc1.O=C(O)C(OC1CCOCC1)c1ccc(S(=O)(=O)C2CC2)cc1. The molecule has 2 saturated carbocycles. The maximum absolute atomic E-state index is 12.9. The van der Waals surface area contributed by atoms with E-state index in [9.17, 15) is 31.5 Å². The molecule has 2 atom stereocenters. The molecule has 51 heavy (non-hydrogen) atoms. The summed E-state index contributed by atoms with van der Waals surface area (Å²) in [6.45, 7) is 2.33. The van der Waals surface area contributed by atoms with E-state index in [0.717, 1.165) is 25.7 Å².